The predicted octanol–water partition coefficient (Wildman–Crippen LogP) is 2.76. The number of amides is 1. The van der Waals surface area contributed by atoms with Gasteiger partial charge in [0.2, 0.25) is 11.8 Å². The number of hydrogen-bond acceptors (Lipinski definition) is 5. The van der Waals surface area contributed by atoms with Crippen molar-refractivity contribution in [2.45, 2.75) is 13.5 Å². The van der Waals surface area contributed by atoms with Gasteiger partial charge < -0.3 is 9.84 Å². The van der Waals surface area contributed by atoms with E-state index in [9.17, 15) is 4.79 Å². The van der Waals surface area contributed by atoms with Crippen molar-refractivity contribution in [3.63, 3.8) is 0 Å². The number of para-hydroxylation sites is 1. The van der Waals surface area contributed by atoms with Crippen molar-refractivity contribution < 1.29 is 9.32 Å². The van der Waals surface area contributed by atoms with E-state index in [1.807, 2.05) is 0 Å². The molecule has 6 nitrogen and oxygen atoms in total. The molecule has 2 rings (SSSR count). The number of aryl methyl sites for hydroxylation is 1. The summed E-state index contributed by atoms with van der Waals surface area (Å²) in [7, 11) is 1.77. The van der Waals surface area contributed by atoms with Crippen LogP contribution in [-0.2, 0) is 11.3 Å². The van der Waals surface area contributed by atoms with E-state index in [1.165, 1.54) is 0 Å². The number of aromatic nitrogens is 2. The van der Waals surface area contributed by atoms with Gasteiger partial charge >= 0.3 is 0 Å². The van der Waals surface area contributed by atoms with Gasteiger partial charge in [0.05, 0.1) is 28.8 Å². The summed E-state index contributed by atoms with van der Waals surface area (Å²) in [4.78, 5) is 17.8. The number of carbonyl (C=O) groups is 1. The number of nitrogens with zero attached hydrogens (tertiary/aromatic N) is 3. The van der Waals surface area contributed by atoms with Gasteiger partial charge in [-0.25, -0.2) is 0 Å². The molecule has 0 fully saturated rings. The fourth-order valence-corrected chi connectivity index (χ4v) is 2.22. The molecule has 1 heterocycles. The van der Waals surface area contributed by atoms with Crippen molar-refractivity contribution in [3.05, 3.63) is 40.0 Å². The Bertz CT molecular complexity index is 625. The lowest BCUT2D eigenvalue weighted by Crippen LogP contribution is -2.30. The molecule has 21 heavy (non-hydrogen) atoms. The molecule has 0 bridgehead atoms. The van der Waals surface area contributed by atoms with Gasteiger partial charge in [0.1, 0.15) is 0 Å². The maximum Gasteiger partial charge on any atom is 0.240 e. The molecule has 112 valence electrons. The molecule has 2 aromatic rings. The summed E-state index contributed by atoms with van der Waals surface area (Å²) in [5.74, 6) is 0.785. The number of rotatable bonds is 5. The second-order valence-electron chi connectivity index (χ2n) is 4.55. The van der Waals surface area contributed by atoms with Crippen molar-refractivity contribution >= 4 is 34.8 Å². The molecule has 0 saturated heterocycles. The average molecular weight is 329 g/mol. The molecule has 0 atom stereocenters. The van der Waals surface area contributed by atoms with Crippen LogP contribution in [0.15, 0.2) is 22.7 Å². The molecule has 0 unspecified atom stereocenters. The van der Waals surface area contributed by atoms with Crippen LogP contribution in [0.3, 0.4) is 0 Å². The van der Waals surface area contributed by atoms with Gasteiger partial charge in [-0.15, -0.1) is 0 Å². The van der Waals surface area contributed by atoms with Crippen LogP contribution in [0.1, 0.15) is 11.7 Å². The maximum absolute atomic E-state index is 12.0. The van der Waals surface area contributed by atoms with Crippen LogP contribution in [0.5, 0.6) is 0 Å². The normalized spacial score (nSPS) is 10.9. The van der Waals surface area contributed by atoms with Gasteiger partial charge in [-0.05, 0) is 26.1 Å². The highest BCUT2D eigenvalue weighted by Crippen LogP contribution is 2.29. The van der Waals surface area contributed by atoms with Gasteiger partial charge in [-0.3, -0.25) is 9.69 Å². The molecular formula is C13H14Cl2N4O2. The summed E-state index contributed by atoms with van der Waals surface area (Å²) in [6, 6.07) is 5.03. The molecule has 0 spiro atoms. The topological polar surface area (TPSA) is 71.3 Å². The number of nitrogens with one attached hydrogen (secondary N) is 1. The monoisotopic (exact) mass is 328 g/mol. The Labute approximate surface area is 132 Å². The van der Waals surface area contributed by atoms with Gasteiger partial charge in [0.15, 0.2) is 5.82 Å². The first-order valence-corrected chi connectivity index (χ1v) is 6.93. The third-order valence-corrected chi connectivity index (χ3v) is 3.25. The molecule has 1 N–H and O–H groups in total. The first kappa shape index (κ1) is 15.8. The highest BCUT2D eigenvalue weighted by atomic mass is 35.5. The fraction of sp³-hybridized carbons (Fsp3) is 0.308. The minimum Gasteiger partial charge on any atom is -0.338 e. The van der Waals surface area contributed by atoms with E-state index in [0.717, 1.165) is 0 Å². The second kappa shape index (κ2) is 6.89. The zero-order valence-electron chi connectivity index (χ0n) is 11.6. The Morgan fingerprint density at radius 3 is 2.62 bits per heavy atom. The summed E-state index contributed by atoms with van der Waals surface area (Å²) in [5, 5.41) is 7.17. The van der Waals surface area contributed by atoms with Crippen molar-refractivity contribution in [1.82, 2.24) is 15.0 Å². The Kier molecular flexibility index (Phi) is 5.17. The SMILES string of the molecule is Cc1noc(CN(C)CC(=O)Nc2c(Cl)cccc2Cl)n1. The zero-order chi connectivity index (χ0) is 15.4. The Balaban J connectivity index is 1.92. The second-order valence-corrected chi connectivity index (χ2v) is 5.37. The summed E-state index contributed by atoms with van der Waals surface area (Å²) >= 11 is 12.0. The minimum absolute atomic E-state index is 0.142. The first-order valence-electron chi connectivity index (χ1n) is 6.17. The van der Waals surface area contributed by atoms with Crippen molar-refractivity contribution in [2.75, 3.05) is 18.9 Å². The molecule has 0 aliphatic heterocycles. The highest BCUT2D eigenvalue weighted by molar-refractivity contribution is 6.39. The Morgan fingerprint density at radius 1 is 1.38 bits per heavy atom. The van der Waals surface area contributed by atoms with E-state index in [4.69, 9.17) is 27.7 Å². The number of likely N-dealkylation sites (N-methyl/N-ethyl adjacent to an activating group) is 1. The van der Waals surface area contributed by atoms with Crippen LogP contribution < -0.4 is 5.32 Å². The van der Waals surface area contributed by atoms with Crippen LogP contribution >= 0.6 is 23.2 Å². The van der Waals surface area contributed by atoms with E-state index < -0.39 is 0 Å². The average Bonchev–Trinajstić information content (AvgIpc) is 2.79. The smallest absolute Gasteiger partial charge is 0.240 e. The molecular weight excluding hydrogens is 315 g/mol. The number of hydrogen-bond donors (Lipinski definition) is 1. The molecule has 8 heteroatoms. The third kappa shape index (κ3) is 4.42. The quantitative estimate of drug-likeness (QED) is 0.913. The van der Waals surface area contributed by atoms with E-state index in [0.29, 0.717) is 34.0 Å². The van der Waals surface area contributed by atoms with E-state index in [-0.39, 0.29) is 12.5 Å². The lowest BCUT2D eigenvalue weighted by molar-refractivity contribution is -0.117. The number of carbonyl (C=O) groups excluding carboxylic acids is 1. The molecule has 0 saturated carbocycles. The van der Waals surface area contributed by atoms with Crippen LogP contribution in [0.2, 0.25) is 10.0 Å². The summed E-state index contributed by atoms with van der Waals surface area (Å²) < 4.78 is 5.00. The Morgan fingerprint density at radius 2 is 2.05 bits per heavy atom. The lowest BCUT2D eigenvalue weighted by Gasteiger charge is -2.15. The highest BCUT2D eigenvalue weighted by Gasteiger charge is 2.13. The van der Waals surface area contributed by atoms with Gasteiger partial charge in [0.25, 0.3) is 0 Å². The first-order chi connectivity index (χ1) is 9.95. The molecule has 1 aromatic carbocycles. The summed E-state index contributed by atoms with van der Waals surface area (Å²) in [6.07, 6.45) is 0. The van der Waals surface area contributed by atoms with Gasteiger partial charge in [-0.2, -0.15) is 4.98 Å². The predicted molar refractivity (Wildman–Crippen MR) is 80.5 cm³/mol. The van der Waals surface area contributed by atoms with E-state index in [2.05, 4.69) is 15.5 Å². The van der Waals surface area contributed by atoms with Crippen LogP contribution in [0, 0.1) is 6.92 Å². The lowest BCUT2D eigenvalue weighted by atomic mass is 10.3. The molecule has 1 aromatic heterocycles. The summed E-state index contributed by atoms with van der Waals surface area (Å²) in [6.45, 7) is 2.26. The fourth-order valence-electron chi connectivity index (χ4n) is 1.73. The van der Waals surface area contributed by atoms with Crippen molar-refractivity contribution in [1.29, 1.82) is 0 Å². The van der Waals surface area contributed by atoms with Gasteiger partial charge in [-0.1, -0.05) is 34.4 Å². The van der Waals surface area contributed by atoms with E-state index in [1.54, 1.807) is 37.1 Å². The molecule has 0 radical (unpaired) electrons. The molecule has 0 aliphatic rings. The zero-order valence-corrected chi connectivity index (χ0v) is 13.1. The number of halogens is 2. The maximum atomic E-state index is 12.0. The minimum atomic E-state index is -0.233. The largest absolute Gasteiger partial charge is 0.338 e. The van der Waals surface area contributed by atoms with Crippen LogP contribution in [0.4, 0.5) is 5.69 Å². The van der Waals surface area contributed by atoms with Crippen molar-refractivity contribution in [2.24, 2.45) is 0 Å². The van der Waals surface area contributed by atoms with E-state index >= 15 is 0 Å². The number of anilines is 1. The van der Waals surface area contributed by atoms with Crippen molar-refractivity contribution in [3.8, 4) is 0 Å². The van der Waals surface area contributed by atoms with Crippen LogP contribution in [-0.4, -0.2) is 34.5 Å². The van der Waals surface area contributed by atoms with Crippen LogP contribution in [0.25, 0.3) is 0 Å². The standard InChI is InChI=1S/C13H14Cl2N4O2/c1-8-16-12(21-18-8)7-19(2)6-11(20)17-13-9(14)4-3-5-10(13)15/h3-5H,6-7H2,1-2H3,(H,17,20). The van der Waals surface area contributed by atoms with Gasteiger partial charge in [0, 0.05) is 0 Å². The number of benzene rings is 1. The summed E-state index contributed by atoms with van der Waals surface area (Å²) in [5.41, 5.74) is 0.410. The molecule has 1 amide bonds. The Hall–Kier alpha value is -1.63. The molecule has 0 aliphatic carbocycles. The third-order valence-electron chi connectivity index (χ3n) is 2.62.